The molecule has 4 rings (SSSR count). The molecule has 1 aromatic heterocycles. The van der Waals surface area contributed by atoms with Gasteiger partial charge < -0.3 is 29.8 Å². The molecule has 0 bridgehead atoms. The fraction of sp³-hybridized carbons (Fsp3) is 0.192. The Labute approximate surface area is 203 Å². The van der Waals surface area contributed by atoms with Gasteiger partial charge in [0.25, 0.3) is 0 Å². The molecular weight excluding hydrogens is 454 g/mol. The number of para-hydroxylation sites is 1. The number of rotatable bonds is 8. The van der Waals surface area contributed by atoms with Gasteiger partial charge in [0.15, 0.2) is 11.5 Å². The topological polar surface area (TPSA) is 84.6 Å². The molecule has 3 aromatic carbocycles. The van der Waals surface area contributed by atoms with Crippen molar-refractivity contribution >= 4 is 34.2 Å². The lowest BCUT2D eigenvalue weighted by atomic mass is 9.90. The van der Waals surface area contributed by atoms with Crippen LogP contribution < -0.4 is 24.8 Å². The van der Waals surface area contributed by atoms with Gasteiger partial charge in [-0.1, -0.05) is 35.9 Å². The van der Waals surface area contributed by atoms with E-state index in [1.165, 1.54) is 7.11 Å². The van der Waals surface area contributed by atoms with Crippen molar-refractivity contribution in [2.75, 3.05) is 33.2 Å². The average molecular weight is 480 g/mol. The van der Waals surface area contributed by atoms with Crippen LogP contribution in [0.5, 0.6) is 17.2 Å². The van der Waals surface area contributed by atoms with Crippen molar-refractivity contribution in [1.82, 2.24) is 10.3 Å². The monoisotopic (exact) mass is 479 g/mol. The number of anilines is 1. The molecule has 2 amide bonds. The molecule has 0 saturated heterocycles. The minimum absolute atomic E-state index is 0.150. The Hall–Kier alpha value is -3.84. The third kappa shape index (κ3) is 4.89. The van der Waals surface area contributed by atoms with Gasteiger partial charge in [0.2, 0.25) is 0 Å². The maximum absolute atomic E-state index is 12.8. The maximum atomic E-state index is 12.8. The first-order valence-electron chi connectivity index (χ1n) is 10.7. The molecule has 0 saturated carbocycles. The van der Waals surface area contributed by atoms with Crippen LogP contribution in [0, 0.1) is 0 Å². The summed E-state index contributed by atoms with van der Waals surface area (Å²) in [6.45, 7) is 0.339. The summed E-state index contributed by atoms with van der Waals surface area (Å²) in [7, 11) is 4.74. The van der Waals surface area contributed by atoms with E-state index in [0.717, 1.165) is 22.0 Å². The van der Waals surface area contributed by atoms with Crippen molar-refractivity contribution in [2.45, 2.75) is 5.92 Å². The molecule has 3 N–H and O–H groups in total. The number of hydrogen-bond acceptors (Lipinski definition) is 4. The van der Waals surface area contributed by atoms with E-state index in [9.17, 15) is 4.79 Å². The van der Waals surface area contributed by atoms with Gasteiger partial charge >= 0.3 is 6.03 Å². The van der Waals surface area contributed by atoms with Gasteiger partial charge in [-0.15, -0.1) is 0 Å². The first kappa shape index (κ1) is 23.3. The summed E-state index contributed by atoms with van der Waals surface area (Å²) in [5, 5.41) is 7.39. The van der Waals surface area contributed by atoms with Gasteiger partial charge in [-0.25, -0.2) is 4.79 Å². The molecule has 0 aliphatic rings. The Morgan fingerprint density at radius 3 is 2.44 bits per heavy atom. The van der Waals surface area contributed by atoms with E-state index >= 15 is 0 Å². The third-order valence-electron chi connectivity index (χ3n) is 5.68. The fourth-order valence-electron chi connectivity index (χ4n) is 4.00. The Morgan fingerprint density at radius 2 is 1.68 bits per heavy atom. The number of halogens is 1. The summed E-state index contributed by atoms with van der Waals surface area (Å²) in [4.78, 5) is 16.1. The van der Waals surface area contributed by atoms with Crippen molar-refractivity contribution < 1.29 is 19.0 Å². The van der Waals surface area contributed by atoms with E-state index in [1.54, 1.807) is 32.4 Å². The highest BCUT2D eigenvalue weighted by atomic mass is 35.5. The number of aromatic nitrogens is 1. The summed E-state index contributed by atoms with van der Waals surface area (Å²) < 4.78 is 16.2. The molecule has 1 atom stereocenters. The van der Waals surface area contributed by atoms with Gasteiger partial charge in [-0.05, 0) is 47.5 Å². The van der Waals surface area contributed by atoms with Crippen LogP contribution in [0.15, 0.2) is 66.9 Å². The highest BCUT2D eigenvalue weighted by Gasteiger charge is 2.21. The largest absolute Gasteiger partial charge is 0.495 e. The van der Waals surface area contributed by atoms with Gasteiger partial charge in [-0.2, -0.15) is 0 Å². The van der Waals surface area contributed by atoms with Gasteiger partial charge in [0, 0.05) is 34.6 Å². The molecule has 7 nitrogen and oxygen atoms in total. The SMILES string of the molecule is COc1ccc(Cl)cc1NC(=O)NC[C@H](c1ccc(OC)c(OC)c1)c1c[nH]c2ccccc12. The summed E-state index contributed by atoms with van der Waals surface area (Å²) in [6.07, 6.45) is 1.98. The van der Waals surface area contributed by atoms with Gasteiger partial charge in [-0.3, -0.25) is 0 Å². The normalized spacial score (nSPS) is 11.6. The Bertz CT molecular complexity index is 1300. The van der Waals surface area contributed by atoms with E-state index in [-0.39, 0.29) is 11.9 Å². The van der Waals surface area contributed by atoms with Crippen LogP contribution in [0.4, 0.5) is 10.5 Å². The smallest absolute Gasteiger partial charge is 0.319 e. The Morgan fingerprint density at radius 1 is 0.941 bits per heavy atom. The van der Waals surface area contributed by atoms with Crippen LogP contribution in [0.3, 0.4) is 0 Å². The fourth-order valence-corrected chi connectivity index (χ4v) is 4.17. The Balaban J connectivity index is 1.63. The number of hydrogen-bond donors (Lipinski definition) is 3. The molecular formula is C26H26ClN3O4. The number of carbonyl (C=O) groups is 1. The molecule has 0 fully saturated rings. The lowest BCUT2D eigenvalue weighted by Gasteiger charge is -2.20. The van der Waals surface area contributed by atoms with Gasteiger partial charge in [0.1, 0.15) is 5.75 Å². The lowest BCUT2D eigenvalue weighted by Crippen LogP contribution is -2.32. The number of nitrogens with one attached hydrogen (secondary N) is 3. The molecule has 1 heterocycles. The van der Waals surface area contributed by atoms with Crippen LogP contribution in [-0.4, -0.2) is 38.9 Å². The standard InChI is InChI=1S/C26H26ClN3O4/c1-32-23-11-9-17(27)13-22(23)30-26(31)29-14-19(16-8-10-24(33-2)25(12-16)34-3)20-15-28-21-7-5-4-6-18(20)21/h4-13,15,19,28H,14H2,1-3H3,(H2,29,30,31)/t19-/m1/s1. The molecule has 8 heteroatoms. The zero-order chi connectivity index (χ0) is 24.1. The number of methoxy groups -OCH3 is 3. The summed E-state index contributed by atoms with van der Waals surface area (Å²) >= 11 is 6.09. The van der Waals surface area contributed by atoms with Crippen molar-refractivity contribution in [3.8, 4) is 17.2 Å². The van der Waals surface area contributed by atoms with Gasteiger partial charge in [0.05, 0.1) is 27.0 Å². The second kappa shape index (κ2) is 10.4. The summed E-state index contributed by atoms with van der Waals surface area (Å²) in [5.74, 6) is 1.64. The van der Waals surface area contributed by atoms with E-state index in [1.807, 2.05) is 42.6 Å². The third-order valence-corrected chi connectivity index (χ3v) is 5.92. The van der Waals surface area contributed by atoms with E-state index in [2.05, 4.69) is 21.7 Å². The first-order chi connectivity index (χ1) is 16.5. The predicted octanol–water partition coefficient (Wildman–Crippen LogP) is 5.80. The quantitative estimate of drug-likeness (QED) is 0.298. The molecule has 0 spiro atoms. The summed E-state index contributed by atoms with van der Waals surface area (Å²) in [6, 6.07) is 18.5. The summed E-state index contributed by atoms with van der Waals surface area (Å²) in [5.41, 5.74) is 3.55. The molecule has 34 heavy (non-hydrogen) atoms. The molecule has 0 radical (unpaired) electrons. The number of fused-ring (bicyclic) bond motifs is 1. The number of urea groups is 1. The molecule has 0 aliphatic heterocycles. The minimum Gasteiger partial charge on any atom is -0.495 e. The maximum Gasteiger partial charge on any atom is 0.319 e. The number of H-pyrrole nitrogens is 1. The van der Waals surface area contributed by atoms with Crippen LogP contribution >= 0.6 is 11.6 Å². The predicted molar refractivity (Wildman–Crippen MR) is 135 cm³/mol. The second-order valence-corrected chi connectivity index (χ2v) is 8.07. The zero-order valence-electron chi connectivity index (χ0n) is 19.1. The van der Waals surface area contributed by atoms with Crippen molar-refractivity contribution in [2.24, 2.45) is 0 Å². The second-order valence-electron chi connectivity index (χ2n) is 7.64. The molecule has 176 valence electrons. The molecule has 4 aromatic rings. The lowest BCUT2D eigenvalue weighted by molar-refractivity contribution is 0.251. The van der Waals surface area contributed by atoms with Crippen LogP contribution in [0.2, 0.25) is 5.02 Å². The van der Waals surface area contributed by atoms with Crippen LogP contribution in [-0.2, 0) is 0 Å². The molecule has 0 aliphatic carbocycles. The number of amides is 2. The van der Waals surface area contributed by atoms with E-state index < -0.39 is 0 Å². The average Bonchev–Trinajstić information content (AvgIpc) is 3.28. The molecule has 0 unspecified atom stereocenters. The van der Waals surface area contributed by atoms with Crippen LogP contribution in [0.25, 0.3) is 10.9 Å². The van der Waals surface area contributed by atoms with E-state index in [0.29, 0.717) is 34.5 Å². The highest BCUT2D eigenvalue weighted by Crippen LogP contribution is 2.36. The Kier molecular flexibility index (Phi) is 7.13. The first-order valence-corrected chi connectivity index (χ1v) is 11.1. The minimum atomic E-state index is -0.370. The zero-order valence-corrected chi connectivity index (χ0v) is 19.9. The number of carbonyl (C=O) groups excluding carboxylic acids is 1. The van der Waals surface area contributed by atoms with Crippen LogP contribution in [0.1, 0.15) is 17.0 Å². The van der Waals surface area contributed by atoms with Crippen molar-refractivity contribution in [1.29, 1.82) is 0 Å². The van der Waals surface area contributed by atoms with Crippen molar-refractivity contribution in [3.63, 3.8) is 0 Å². The number of benzene rings is 3. The number of ether oxygens (including phenoxy) is 3. The van der Waals surface area contributed by atoms with Crippen molar-refractivity contribution in [3.05, 3.63) is 83.0 Å². The van der Waals surface area contributed by atoms with E-state index in [4.69, 9.17) is 25.8 Å². The highest BCUT2D eigenvalue weighted by molar-refractivity contribution is 6.31. The number of aromatic amines is 1.